The predicted molar refractivity (Wildman–Crippen MR) is 61.2 cm³/mol. The second kappa shape index (κ2) is 8.05. The largest absolute Gasteiger partial charge is 0.380 e. The first-order valence-electron chi connectivity index (χ1n) is 5.94. The van der Waals surface area contributed by atoms with Crippen LogP contribution < -0.4 is 5.32 Å². The Morgan fingerprint density at radius 1 is 1.40 bits per heavy atom. The molecule has 1 aliphatic rings. The van der Waals surface area contributed by atoms with Crippen LogP contribution in [0.4, 0.5) is 0 Å². The van der Waals surface area contributed by atoms with E-state index in [1.165, 1.54) is 0 Å². The molecule has 4 nitrogen and oxygen atoms in total. The number of nitrogens with zero attached hydrogens (tertiary/aromatic N) is 1. The molecule has 0 aromatic carbocycles. The Morgan fingerprint density at radius 3 is 2.80 bits per heavy atom. The van der Waals surface area contributed by atoms with Crippen LogP contribution in [-0.2, 0) is 9.47 Å². The van der Waals surface area contributed by atoms with Crippen molar-refractivity contribution in [3.8, 4) is 0 Å². The highest BCUT2D eigenvalue weighted by atomic mass is 16.5. The molecule has 0 aromatic rings. The van der Waals surface area contributed by atoms with Gasteiger partial charge in [0.15, 0.2) is 0 Å². The Morgan fingerprint density at radius 2 is 2.13 bits per heavy atom. The van der Waals surface area contributed by atoms with E-state index in [0.29, 0.717) is 6.04 Å². The minimum absolute atomic E-state index is 0.531. The summed E-state index contributed by atoms with van der Waals surface area (Å²) < 4.78 is 10.6. The van der Waals surface area contributed by atoms with E-state index in [-0.39, 0.29) is 0 Å². The summed E-state index contributed by atoms with van der Waals surface area (Å²) in [4.78, 5) is 2.45. The summed E-state index contributed by atoms with van der Waals surface area (Å²) in [7, 11) is 0. The average Bonchev–Trinajstić information content (AvgIpc) is 2.26. The molecule has 90 valence electrons. The highest BCUT2D eigenvalue weighted by Gasteiger charge is 2.12. The van der Waals surface area contributed by atoms with Crippen LogP contribution in [0.25, 0.3) is 0 Å². The van der Waals surface area contributed by atoms with Crippen molar-refractivity contribution in [2.75, 3.05) is 52.6 Å². The van der Waals surface area contributed by atoms with Gasteiger partial charge in [-0.25, -0.2) is 0 Å². The van der Waals surface area contributed by atoms with Crippen molar-refractivity contribution in [1.29, 1.82) is 0 Å². The van der Waals surface area contributed by atoms with Crippen molar-refractivity contribution in [3.63, 3.8) is 0 Å². The number of rotatable bonds is 7. The average molecular weight is 216 g/mol. The number of nitrogens with one attached hydrogen (secondary N) is 1. The molecule has 4 heteroatoms. The fraction of sp³-hybridized carbons (Fsp3) is 1.00. The van der Waals surface area contributed by atoms with Crippen molar-refractivity contribution in [1.82, 2.24) is 10.2 Å². The summed E-state index contributed by atoms with van der Waals surface area (Å²) in [5, 5.41) is 3.46. The molecular weight excluding hydrogens is 192 g/mol. The van der Waals surface area contributed by atoms with Gasteiger partial charge in [-0.2, -0.15) is 0 Å². The van der Waals surface area contributed by atoms with E-state index in [1.54, 1.807) is 0 Å². The van der Waals surface area contributed by atoms with Gasteiger partial charge in [0.2, 0.25) is 0 Å². The standard InChI is InChI=1S/C11H24N2O2/c1-3-14-7-4-12-11(2)10-13-5-8-15-9-6-13/h11-12H,3-10H2,1-2H3. The van der Waals surface area contributed by atoms with Crippen LogP contribution in [-0.4, -0.2) is 63.5 Å². The van der Waals surface area contributed by atoms with Crippen molar-refractivity contribution in [2.45, 2.75) is 19.9 Å². The van der Waals surface area contributed by atoms with E-state index in [4.69, 9.17) is 9.47 Å². The van der Waals surface area contributed by atoms with Crippen LogP contribution in [0.3, 0.4) is 0 Å². The Labute approximate surface area is 92.9 Å². The minimum Gasteiger partial charge on any atom is -0.380 e. The van der Waals surface area contributed by atoms with Crippen molar-refractivity contribution in [2.24, 2.45) is 0 Å². The first-order valence-corrected chi connectivity index (χ1v) is 5.94. The normalized spacial score (nSPS) is 20.4. The van der Waals surface area contributed by atoms with Gasteiger partial charge in [-0.05, 0) is 13.8 Å². The van der Waals surface area contributed by atoms with Gasteiger partial charge in [-0.3, -0.25) is 4.90 Å². The molecule has 0 saturated carbocycles. The summed E-state index contributed by atoms with van der Waals surface area (Å²) >= 11 is 0. The van der Waals surface area contributed by atoms with Gasteiger partial charge in [-0.1, -0.05) is 0 Å². The SMILES string of the molecule is CCOCCNC(C)CN1CCOCC1. The zero-order valence-electron chi connectivity index (χ0n) is 10.00. The quantitative estimate of drug-likeness (QED) is 0.622. The van der Waals surface area contributed by atoms with Gasteiger partial charge in [-0.15, -0.1) is 0 Å². The second-order valence-electron chi connectivity index (χ2n) is 3.97. The lowest BCUT2D eigenvalue weighted by molar-refractivity contribution is 0.0339. The van der Waals surface area contributed by atoms with Crippen LogP contribution in [0, 0.1) is 0 Å². The fourth-order valence-corrected chi connectivity index (χ4v) is 1.76. The topological polar surface area (TPSA) is 33.7 Å². The smallest absolute Gasteiger partial charge is 0.0594 e. The second-order valence-corrected chi connectivity index (χ2v) is 3.97. The van der Waals surface area contributed by atoms with E-state index < -0.39 is 0 Å². The van der Waals surface area contributed by atoms with Gasteiger partial charge in [0.25, 0.3) is 0 Å². The molecule has 0 bridgehead atoms. The summed E-state index contributed by atoms with van der Waals surface area (Å²) in [5.74, 6) is 0. The van der Waals surface area contributed by atoms with Crippen molar-refractivity contribution in [3.05, 3.63) is 0 Å². The summed E-state index contributed by atoms with van der Waals surface area (Å²) in [6.07, 6.45) is 0. The zero-order valence-corrected chi connectivity index (χ0v) is 10.00. The van der Waals surface area contributed by atoms with Crippen molar-refractivity contribution < 1.29 is 9.47 Å². The third-order valence-corrected chi connectivity index (χ3v) is 2.58. The van der Waals surface area contributed by atoms with Gasteiger partial charge in [0, 0.05) is 38.8 Å². The number of hydrogen-bond acceptors (Lipinski definition) is 4. The van der Waals surface area contributed by atoms with Gasteiger partial charge >= 0.3 is 0 Å². The minimum atomic E-state index is 0.531. The number of morpholine rings is 1. The van der Waals surface area contributed by atoms with E-state index in [9.17, 15) is 0 Å². The molecule has 0 amide bonds. The molecule has 15 heavy (non-hydrogen) atoms. The fourth-order valence-electron chi connectivity index (χ4n) is 1.76. The predicted octanol–water partition coefficient (Wildman–Crippen LogP) is 0.333. The monoisotopic (exact) mass is 216 g/mol. The molecule has 1 aliphatic heterocycles. The van der Waals surface area contributed by atoms with E-state index >= 15 is 0 Å². The Bertz CT molecular complexity index is 150. The molecule has 0 aliphatic carbocycles. The van der Waals surface area contributed by atoms with Gasteiger partial charge < -0.3 is 14.8 Å². The Hall–Kier alpha value is -0.160. The highest BCUT2D eigenvalue weighted by molar-refractivity contribution is 4.69. The van der Waals surface area contributed by atoms with E-state index in [1.807, 2.05) is 6.92 Å². The van der Waals surface area contributed by atoms with Gasteiger partial charge in [0.05, 0.1) is 19.8 Å². The summed E-state index contributed by atoms with van der Waals surface area (Å²) in [6, 6.07) is 0.531. The molecule has 1 saturated heterocycles. The van der Waals surface area contributed by atoms with Crippen LogP contribution in [0.1, 0.15) is 13.8 Å². The van der Waals surface area contributed by atoms with Crippen LogP contribution in [0.15, 0.2) is 0 Å². The first kappa shape index (κ1) is 12.9. The Kier molecular flexibility index (Phi) is 6.92. The summed E-state index contributed by atoms with van der Waals surface area (Å²) in [6.45, 7) is 11.8. The molecule has 1 heterocycles. The molecule has 1 atom stereocenters. The van der Waals surface area contributed by atoms with Crippen LogP contribution >= 0.6 is 0 Å². The molecule has 1 N–H and O–H groups in total. The Balaban J connectivity index is 1.98. The molecule has 0 spiro atoms. The lowest BCUT2D eigenvalue weighted by Gasteiger charge is -2.29. The van der Waals surface area contributed by atoms with Crippen molar-refractivity contribution >= 4 is 0 Å². The number of hydrogen-bond donors (Lipinski definition) is 1. The van der Waals surface area contributed by atoms with Crippen LogP contribution in [0.5, 0.6) is 0 Å². The molecule has 1 fully saturated rings. The third kappa shape index (κ3) is 6.10. The highest BCUT2D eigenvalue weighted by Crippen LogP contribution is 1.97. The maximum atomic E-state index is 5.31. The first-order chi connectivity index (χ1) is 7.33. The molecule has 1 rings (SSSR count). The lowest BCUT2D eigenvalue weighted by atomic mass is 10.3. The maximum absolute atomic E-state index is 5.31. The zero-order chi connectivity index (χ0) is 10.9. The molecule has 0 radical (unpaired) electrons. The maximum Gasteiger partial charge on any atom is 0.0594 e. The third-order valence-electron chi connectivity index (χ3n) is 2.58. The molecular formula is C11H24N2O2. The summed E-state index contributed by atoms with van der Waals surface area (Å²) in [5.41, 5.74) is 0. The van der Waals surface area contributed by atoms with E-state index in [2.05, 4.69) is 17.1 Å². The van der Waals surface area contributed by atoms with Crippen LogP contribution in [0.2, 0.25) is 0 Å². The molecule has 0 aromatic heterocycles. The lowest BCUT2D eigenvalue weighted by Crippen LogP contribution is -2.45. The van der Waals surface area contributed by atoms with Gasteiger partial charge in [0.1, 0.15) is 0 Å². The van der Waals surface area contributed by atoms with E-state index in [0.717, 1.165) is 52.6 Å². The molecule has 1 unspecified atom stereocenters. The number of ether oxygens (including phenoxy) is 2.